The van der Waals surface area contributed by atoms with Gasteiger partial charge in [0.25, 0.3) is 0 Å². The number of anilines is 2. The minimum Gasteiger partial charge on any atom is -0.355 e. The first kappa shape index (κ1) is 15.5. The van der Waals surface area contributed by atoms with E-state index in [0.29, 0.717) is 0 Å². The lowest BCUT2D eigenvalue weighted by Crippen LogP contribution is -2.15. The molecular weight excluding hydrogens is 282 g/mol. The van der Waals surface area contributed by atoms with Gasteiger partial charge in [0.05, 0.1) is 5.52 Å². The van der Waals surface area contributed by atoms with Crippen LogP contribution in [0, 0.1) is 6.92 Å². The average molecular weight is 305 g/mol. The molecule has 3 rings (SSSR count). The van der Waals surface area contributed by atoms with E-state index in [0.717, 1.165) is 40.9 Å². The Kier molecular flexibility index (Phi) is 4.58. The molecule has 0 saturated heterocycles. The first-order chi connectivity index (χ1) is 11.1. The lowest BCUT2D eigenvalue weighted by atomic mass is 10.1. The van der Waals surface area contributed by atoms with Crippen LogP contribution in [0.2, 0.25) is 0 Å². The lowest BCUT2D eigenvalue weighted by Gasteiger charge is -2.13. The van der Waals surface area contributed by atoms with Gasteiger partial charge in [-0.3, -0.25) is 4.98 Å². The molecule has 3 heteroatoms. The molecule has 0 spiro atoms. The summed E-state index contributed by atoms with van der Waals surface area (Å²) >= 11 is 0. The highest BCUT2D eigenvalue weighted by molar-refractivity contribution is 5.93. The zero-order valence-electron chi connectivity index (χ0n) is 14.0. The number of benzene rings is 2. The van der Waals surface area contributed by atoms with E-state index in [1.165, 1.54) is 5.56 Å². The van der Waals surface area contributed by atoms with E-state index in [1.54, 1.807) is 0 Å². The number of likely N-dealkylation sites (N-methyl/N-ethyl adjacent to an activating group) is 1. The monoisotopic (exact) mass is 305 g/mol. The fourth-order valence-electron chi connectivity index (χ4n) is 2.72. The summed E-state index contributed by atoms with van der Waals surface area (Å²) in [5, 5.41) is 4.71. The molecule has 0 atom stereocenters. The van der Waals surface area contributed by atoms with Gasteiger partial charge in [0.15, 0.2) is 0 Å². The Hall–Kier alpha value is -2.39. The first-order valence-electron chi connectivity index (χ1n) is 7.99. The third-order valence-corrected chi connectivity index (χ3v) is 3.90. The number of hydrogen-bond donors (Lipinski definition) is 1. The van der Waals surface area contributed by atoms with Crippen LogP contribution in [-0.4, -0.2) is 30.5 Å². The molecule has 0 aliphatic rings. The smallest absolute Gasteiger partial charge is 0.0726 e. The number of aryl methyl sites for hydroxylation is 1. The van der Waals surface area contributed by atoms with Crippen molar-refractivity contribution >= 4 is 22.3 Å². The van der Waals surface area contributed by atoms with Gasteiger partial charge < -0.3 is 10.2 Å². The van der Waals surface area contributed by atoms with Crippen molar-refractivity contribution in [3.63, 3.8) is 0 Å². The highest BCUT2D eigenvalue weighted by Crippen LogP contribution is 2.26. The number of hydrogen-bond acceptors (Lipinski definition) is 3. The highest BCUT2D eigenvalue weighted by atomic mass is 15.0. The molecule has 0 fully saturated rings. The summed E-state index contributed by atoms with van der Waals surface area (Å²) in [6.45, 7) is 3.09. The van der Waals surface area contributed by atoms with E-state index in [-0.39, 0.29) is 0 Å². The summed E-state index contributed by atoms with van der Waals surface area (Å²) in [7, 11) is 4.21. The van der Waals surface area contributed by atoms with Crippen LogP contribution in [0.25, 0.3) is 10.9 Å². The molecule has 23 heavy (non-hydrogen) atoms. The van der Waals surface area contributed by atoms with Crippen molar-refractivity contribution in [2.24, 2.45) is 0 Å². The fraction of sp³-hybridized carbons (Fsp3) is 0.250. The second-order valence-electron chi connectivity index (χ2n) is 6.21. The van der Waals surface area contributed by atoms with Gasteiger partial charge in [0.1, 0.15) is 0 Å². The summed E-state index contributed by atoms with van der Waals surface area (Å²) < 4.78 is 0. The minimum atomic E-state index is 1.02. The summed E-state index contributed by atoms with van der Waals surface area (Å²) in [5.41, 5.74) is 5.63. The Morgan fingerprint density at radius 3 is 2.65 bits per heavy atom. The second kappa shape index (κ2) is 6.80. The number of para-hydroxylation sites is 1. The molecule has 3 aromatic rings. The van der Waals surface area contributed by atoms with Crippen LogP contribution < -0.4 is 5.32 Å². The molecule has 1 N–H and O–H groups in total. The molecule has 1 aromatic heterocycles. The maximum Gasteiger partial charge on any atom is 0.0726 e. The maximum absolute atomic E-state index is 4.60. The molecule has 0 radical (unpaired) electrons. The van der Waals surface area contributed by atoms with Crippen molar-refractivity contribution in [3.05, 3.63) is 65.9 Å². The van der Waals surface area contributed by atoms with Gasteiger partial charge in [0, 0.05) is 29.0 Å². The zero-order chi connectivity index (χ0) is 16.2. The van der Waals surface area contributed by atoms with E-state index in [1.807, 2.05) is 13.0 Å². The van der Waals surface area contributed by atoms with Gasteiger partial charge in [0.2, 0.25) is 0 Å². The summed E-state index contributed by atoms with van der Waals surface area (Å²) in [5.74, 6) is 0. The van der Waals surface area contributed by atoms with Crippen molar-refractivity contribution < 1.29 is 0 Å². The largest absolute Gasteiger partial charge is 0.355 e. The van der Waals surface area contributed by atoms with Gasteiger partial charge in [-0.15, -0.1) is 0 Å². The molecule has 0 bridgehead atoms. The Labute approximate surface area is 138 Å². The van der Waals surface area contributed by atoms with E-state index in [9.17, 15) is 0 Å². The van der Waals surface area contributed by atoms with Crippen molar-refractivity contribution in [2.75, 3.05) is 26.0 Å². The summed E-state index contributed by atoms with van der Waals surface area (Å²) in [6.07, 6.45) is 1.05. The molecule has 118 valence electrons. The predicted octanol–water partition coefficient (Wildman–Crippen LogP) is 4.39. The predicted molar refractivity (Wildman–Crippen MR) is 98.5 cm³/mol. The van der Waals surface area contributed by atoms with E-state index >= 15 is 0 Å². The first-order valence-corrected chi connectivity index (χ1v) is 7.99. The van der Waals surface area contributed by atoms with Gasteiger partial charge in [-0.05, 0) is 57.3 Å². The zero-order valence-corrected chi connectivity index (χ0v) is 14.0. The Morgan fingerprint density at radius 2 is 1.83 bits per heavy atom. The summed E-state index contributed by atoms with van der Waals surface area (Å²) in [6, 6.07) is 19.0. The van der Waals surface area contributed by atoms with Crippen LogP contribution in [0.5, 0.6) is 0 Å². The van der Waals surface area contributed by atoms with Gasteiger partial charge in [-0.25, -0.2) is 0 Å². The molecule has 0 amide bonds. The molecule has 0 aliphatic heterocycles. The van der Waals surface area contributed by atoms with E-state index in [4.69, 9.17) is 0 Å². The SMILES string of the molecule is Cc1cc(Nc2cccc(CCN(C)C)c2)c2ccccc2n1. The topological polar surface area (TPSA) is 28.2 Å². The standard InChI is InChI=1S/C20H23N3/c1-15-13-20(18-9-4-5-10-19(18)21-15)22-17-8-6-7-16(14-17)11-12-23(2)3/h4-10,13-14H,11-12H2,1-3H3,(H,21,22). The molecule has 3 nitrogen and oxygen atoms in total. The highest BCUT2D eigenvalue weighted by Gasteiger charge is 2.05. The van der Waals surface area contributed by atoms with Crippen molar-refractivity contribution in [3.8, 4) is 0 Å². The third kappa shape index (κ3) is 3.88. The van der Waals surface area contributed by atoms with Crippen LogP contribution in [0.15, 0.2) is 54.6 Å². The molecule has 1 heterocycles. The Bertz CT molecular complexity index is 809. The third-order valence-electron chi connectivity index (χ3n) is 3.90. The Morgan fingerprint density at radius 1 is 1.00 bits per heavy atom. The van der Waals surface area contributed by atoms with Crippen LogP contribution >= 0.6 is 0 Å². The van der Waals surface area contributed by atoms with Crippen molar-refractivity contribution in [1.82, 2.24) is 9.88 Å². The van der Waals surface area contributed by atoms with E-state index in [2.05, 4.69) is 77.8 Å². The maximum atomic E-state index is 4.60. The van der Waals surface area contributed by atoms with Crippen LogP contribution in [0.4, 0.5) is 11.4 Å². The lowest BCUT2D eigenvalue weighted by molar-refractivity contribution is 0.413. The van der Waals surface area contributed by atoms with Gasteiger partial charge in [-0.1, -0.05) is 30.3 Å². The number of rotatable bonds is 5. The second-order valence-corrected chi connectivity index (χ2v) is 6.21. The Balaban J connectivity index is 1.89. The number of nitrogens with zero attached hydrogens (tertiary/aromatic N) is 2. The average Bonchev–Trinajstić information content (AvgIpc) is 2.53. The number of nitrogens with one attached hydrogen (secondary N) is 1. The van der Waals surface area contributed by atoms with Crippen LogP contribution in [0.3, 0.4) is 0 Å². The fourth-order valence-corrected chi connectivity index (χ4v) is 2.72. The number of aromatic nitrogens is 1. The normalized spacial score (nSPS) is 11.1. The summed E-state index contributed by atoms with van der Waals surface area (Å²) in [4.78, 5) is 6.81. The van der Waals surface area contributed by atoms with Gasteiger partial charge in [-0.2, -0.15) is 0 Å². The van der Waals surface area contributed by atoms with Crippen LogP contribution in [-0.2, 0) is 6.42 Å². The minimum absolute atomic E-state index is 1.02. The van der Waals surface area contributed by atoms with E-state index < -0.39 is 0 Å². The number of fused-ring (bicyclic) bond motifs is 1. The molecule has 0 unspecified atom stereocenters. The molecular formula is C20H23N3. The quantitative estimate of drug-likeness (QED) is 0.757. The number of pyridine rings is 1. The van der Waals surface area contributed by atoms with Crippen LogP contribution in [0.1, 0.15) is 11.3 Å². The molecule has 0 saturated carbocycles. The van der Waals surface area contributed by atoms with Crippen molar-refractivity contribution in [2.45, 2.75) is 13.3 Å². The van der Waals surface area contributed by atoms with Gasteiger partial charge >= 0.3 is 0 Å². The molecule has 0 aliphatic carbocycles. The van der Waals surface area contributed by atoms with Crippen molar-refractivity contribution in [1.29, 1.82) is 0 Å². The molecule has 2 aromatic carbocycles.